The van der Waals surface area contributed by atoms with Crippen molar-refractivity contribution in [1.82, 2.24) is 10.3 Å². The molecule has 0 unspecified atom stereocenters. The minimum absolute atomic E-state index is 0.584. The number of aromatic nitrogens is 1. The number of ether oxygens (including phenoxy) is 2. The molecule has 108 valence electrons. The van der Waals surface area contributed by atoms with E-state index in [0.29, 0.717) is 19.0 Å². The molecule has 0 spiro atoms. The van der Waals surface area contributed by atoms with Crippen LogP contribution in [0.25, 0.3) is 11.3 Å². The second kappa shape index (κ2) is 7.42. The zero-order chi connectivity index (χ0) is 14.4. The Bertz CT molecular complexity index is 557. The van der Waals surface area contributed by atoms with Crippen LogP contribution in [0.2, 0.25) is 0 Å². The molecule has 6 heteroatoms. The van der Waals surface area contributed by atoms with Crippen LogP contribution in [0.1, 0.15) is 5.89 Å². The van der Waals surface area contributed by atoms with Crippen molar-refractivity contribution in [3.63, 3.8) is 0 Å². The highest BCUT2D eigenvalue weighted by atomic mass is 79.9. The van der Waals surface area contributed by atoms with Crippen LogP contribution in [0.3, 0.4) is 0 Å². The molecule has 0 saturated carbocycles. The summed E-state index contributed by atoms with van der Waals surface area (Å²) in [7, 11) is 3.31. The van der Waals surface area contributed by atoms with E-state index in [9.17, 15) is 0 Å². The van der Waals surface area contributed by atoms with Crippen molar-refractivity contribution in [2.45, 2.75) is 6.54 Å². The molecular formula is C14H17BrN2O3. The van der Waals surface area contributed by atoms with Gasteiger partial charge in [0, 0.05) is 19.2 Å². The lowest BCUT2D eigenvalue weighted by atomic mass is 10.2. The van der Waals surface area contributed by atoms with Crippen LogP contribution < -0.4 is 10.1 Å². The predicted molar refractivity (Wildman–Crippen MR) is 79.8 cm³/mol. The molecule has 0 aliphatic rings. The summed E-state index contributed by atoms with van der Waals surface area (Å²) in [5.41, 5.74) is 0.952. The van der Waals surface area contributed by atoms with Crippen LogP contribution in [-0.2, 0) is 11.3 Å². The van der Waals surface area contributed by atoms with Crippen molar-refractivity contribution in [2.75, 3.05) is 27.4 Å². The summed E-state index contributed by atoms with van der Waals surface area (Å²) in [5, 5.41) is 3.19. The van der Waals surface area contributed by atoms with E-state index in [-0.39, 0.29) is 0 Å². The van der Waals surface area contributed by atoms with Gasteiger partial charge in [-0.15, -0.1) is 0 Å². The number of methoxy groups -OCH3 is 2. The maximum absolute atomic E-state index is 5.70. The molecule has 2 aromatic rings. The van der Waals surface area contributed by atoms with Crippen molar-refractivity contribution < 1.29 is 13.9 Å². The van der Waals surface area contributed by atoms with Crippen LogP contribution in [-0.4, -0.2) is 32.4 Å². The number of hydrogen-bond acceptors (Lipinski definition) is 5. The minimum atomic E-state index is 0.584. The Hall–Kier alpha value is -1.37. The van der Waals surface area contributed by atoms with Gasteiger partial charge in [-0.05, 0) is 34.1 Å². The van der Waals surface area contributed by atoms with Gasteiger partial charge in [0.05, 0.1) is 30.9 Å². The highest BCUT2D eigenvalue weighted by Crippen LogP contribution is 2.30. The number of nitrogens with zero attached hydrogens (tertiary/aromatic N) is 1. The molecule has 0 aliphatic carbocycles. The SMILES string of the molecule is COCCNCc1ncc(-c2ccc(OC)c(Br)c2)o1. The maximum Gasteiger partial charge on any atom is 0.208 e. The van der Waals surface area contributed by atoms with Gasteiger partial charge < -0.3 is 19.2 Å². The molecule has 0 amide bonds. The molecular weight excluding hydrogens is 324 g/mol. The van der Waals surface area contributed by atoms with Crippen molar-refractivity contribution in [3.8, 4) is 17.1 Å². The van der Waals surface area contributed by atoms with Gasteiger partial charge in [0.1, 0.15) is 5.75 Å². The molecule has 1 heterocycles. The number of oxazole rings is 1. The molecule has 20 heavy (non-hydrogen) atoms. The van der Waals surface area contributed by atoms with E-state index >= 15 is 0 Å². The van der Waals surface area contributed by atoms with E-state index in [4.69, 9.17) is 13.9 Å². The molecule has 1 aromatic heterocycles. The molecule has 0 bridgehead atoms. The summed E-state index contributed by atoms with van der Waals surface area (Å²) < 4.78 is 16.7. The smallest absolute Gasteiger partial charge is 0.208 e. The summed E-state index contributed by atoms with van der Waals surface area (Å²) in [6.45, 7) is 2.02. The topological polar surface area (TPSA) is 56.5 Å². The Balaban J connectivity index is 2.03. The fraction of sp³-hybridized carbons (Fsp3) is 0.357. The zero-order valence-corrected chi connectivity index (χ0v) is 13.1. The fourth-order valence-electron chi connectivity index (χ4n) is 1.71. The average Bonchev–Trinajstić information content (AvgIpc) is 2.92. The largest absolute Gasteiger partial charge is 0.496 e. The third-order valence-corrected chi connectivity index (χ3v) is 3.37. The highest BCUT2D eigenvalue weighted by molar-refractivity contribution is 9.10. The monoisotopic (exact) mass is 340 g/mol. The van der Waals surface area contributed by atoms with Crippen molar-refractivity contribution in [1.29, 1.82) is 0 Å². The maximum atomic E-state index is 5.70. The number of halogens is 1. The van der Waals surface area contributed by atoms with Crippen LogP contribution in [0.15, 0.2) is 33.3 Å². The highest BCUT2D eigenvalue weighted by Gasteiger charge is 2.08. The van der Waals surface area contributed by atoms with Gasteiger partial charge in [-0.3, -0.25) is 0 Å². The average molecular weight is 341 g/mol. The predicted octanol–water partition coefficient (Wildman–Crippen LogP) is 2.85. The Morgan fingerprint density at radius 1 is 1.35 bits per heavy atom. The first-order valence-corrected chi connectivity index (χ1v) is 7.02. The Morgan fingerprint density at radius 2 is 2.20 bits per heavy atom. The summed E-state index contributed by atoms with van der Waals surface area (Å²) in [5.74, 6) is 2.18. The standard InChI is InChI=1S/C14H17BrN2O3/c1-18-6-5-16-9-14-17-8-13(20-14)10-3-4-12(19-2)11(15)7-10/h3-4,7-8,16H,5-6,9H2,1-2H3. The number of rotatable bonds is 7. The third kappa shape index (κ3) is 3.82. The molecule has 2 rings (SSSR count). The normalized spacial score (nSPS) is 10.8. The summed E-state index contributed by atoms with van der Waals surface area (Å²) in [6.07, 6.45) is 1.72. The van der Waals surface area contributed by atoms with Crippen LogP contribution in [0.4, 0.5) is 0 Å². The molecule has 0 aliphatic heterocycles. The van der Waals surface area contributed by atoms with E-state index in [1.807, 2.05) is 18.2 Å². The molecule has 0 radical (unpaired) electrons. The van der Waals surface area contributed by atoms with Crippen LogP contribution in [0, 0.1) is 0 Å². The molecule has 1 aromatic carbocycles. The van der Waals surface area contributed by atoms with E-state index < -0.39 is 0 Å². The lowest BCUT2D eigenvalue weighted by Gasteiger charge is -2.04. The van der Waals surface area contributed by atoms with Gasteiger partial charge in [0.2, 0.25) is 5.89 Å². The fourth-order valence-corrected chi connectivity index (χ4v) is 2.26. The first kappa shape index (κ1) is 15.0. The zero-order valence-electron chi connectivity index (χ0n) is 11.5. The first-order valence-electron chi connectivity index (χ1n) is 6.23. The number of benzene rings is 1. The van der Waals surface area contributed by atoms with Gasteiger partial charge in [-0.1, -0.05) is 0 Å². The second-order valence-electron chi connectivity index (χ2n) is 4.14. The molecule has 5 nitrogen and oxygen atoms in total. The van der Waals surface area contributed by atoms with E-state index in [0.717, 1.165) is 28.1 Å². The minimum Gasteiger partial charge on any atom is -0.496 e. The second-order valence-corrected chi connectivity index (χ2v) is 4.99. The number of hydrogen-bond donors (Lipinski definition) is 1. The van der Waals surface area contributed by atoms with Gasteiger partial charge in [-0.2, -0.15) is 0 Å². The molecule has 0 atom stereocenters. The van der Waals surface area contributed by atoms with Gasteiger partial charge >= 0.3 is 0 Å². The number of nitrogens with one attached hydrogen (secondary N) is 1. The quantitative estimate of drug-likeness (QED) is 0.785. The first-order chi connectivity index (χ1) is 9.74. The van der Waals surface area contributed by atoms with Crippen molar-refractivity contribution in [2.24, 2.45) is 0 Å². The summed E-state index contributed by atoms with van der Waals surface area (Å²) >= 11 is 3.46. The lowest BCUT2D eigenvalue weighted by Crippen LogP contribution is -2.18. The van der Waals surface area contributed by atoms with Gasteiger partial charge in [-0.25, -0.2) is 4.98 Å². The molecule has 1 N–H and O–H groups in total. The van der Waals surface area contributed by atoms with Crippen LogP contribution in [0.5, 0.6) is 5.75 Å². The summed E-state index contributed by atoms with van der Waals surface area (Å²) in [6, 6.07) is 5.77. The van der Waals surface area contributed by atoms with Crippen molar-refractivity contribution >= 4 is 15.9 Å². The third-order valence-electron chi connectivity index (χ3n) is 2.75. The molecule has 0 fully saturated rings. The summed E-state index contributed by atoms with van der Waals surface area (Å²) in [4.78, 5) is 4.25. The van der Waals surface area contributed by atoms with Gasteiger partial charge in [0.15, 0.2) is 5.76 Å². The Kier molecular flexibility index (Phi) is 5.58. The van der Waals surface area contributed by atoms with Gasteiger partial charge in [0.25, 0.3) is 0 Å². The van der Waals surface area contributed by atoms with E-state index in [2.05, 4.69) is 26.2 Å². The lowest BCUT2D eigenvalue weighted by molar-refractivity contribution is 0.198. The van der Waals surface area contributed by atoms with Crippen LogP contribution >= 0.6 is 15.9 Å². The molecule has 0 saturated heterocycles. The van der Waals surface area contributed by atoms with E-state index in [1.165, 1.54) is 0 Å². The Morgan fingerprint density at radius 3 is 2.90 bits per heavy atom. The van der Waals surface area contributed by atoms with E-state index in [1.54, 1.807) is 20.4 Å². The van der Waals surface area contributed by atoms with Crippen molar-refractivity contribution in [3.05, 3.63) is 34.8 Å². The Labute approximate surface area is 126 Å².